The zero-order valence-electron chi connectivity index (χ0n) is 18.6. The lowest BCUT2D eigenvalue weighted by atomic mass is 10.2. The summed E-state index contributed by atoms with van der Waals surface area (Å²) in [6, 6.07) is 20.7. The number of rotatable bonds is 8. The smallest absolute Gasteiger partial charge is 0.343 e. The van der Waals surface area contributed by atoms with Gasteiger partial charge in [0.15, 0.2) is 11.5 Å². The summed E-state index contributed by atoms with van der Waals surface area (Å²) < 4.78 is 17.2. The first-order valence-corrected chi connectivity index (χ1v) is 12.1. The molecule has 0 N–H and O–H groups in total. The first-order chi connectivity index (χ1) is 16.9. The number of nitrogens with zero attached hydrogens (tertiary/aromatic N) is 1. The van der Waals surface area contributed by atoms with E-state index in [0.717, 1.165) is 21.1 Å². The fourth-order valence-electron chi connectivity index (χ4n) is 3.21. The average molecular weight is 554 g/mol. The summed E-state index contributed by atoms with van der Waals surface area (Å²) >= 11 is 4.20. The van der Waals surface area contributed by atoms with Crippen LogP contribution in [0.1, 0.15) is 15.9 Å². The number of benzene rings is 3. The number of hydrogen-bond acceptors (Lipinski definition) is 7. The van der Waals surface area contributed by atoms with Crippen LogP contribution in [0.3, 0.4) is 0 Å². The van der Waals surface area contributed by atoms with Crippen LogP contribution in [-0.4, -0.2) is 42.3 Å². The molecule has 35 heavy (non-hydrogen) atoms. The number of hydrogen-bond donors (Lipinski definition) is 0. The number of halogens is 1. The molecule has 0 saturated carbocycles. The molecule has 0 aromatic heterocycles. The molecule has 0 bridgehead atoms. The van der Waals surface area contributed by atoms with Crippen LogP contribution in [0, 0.1) is 0 Å². The van der Waals surface area contributed by atoms with Crippen molar-refractivity contribution in [1.82, 2.24) is 4.90 Å². The minimum Gasteiger partial charge on any atom is -0.493 e. The van der Waals surface area contributed by atoms with Crippen LogP contribution in [0.5, 0.6) is 17.2 Å². The molecule has 0 unspecified atom stereocenters. The number of thioether (sulfide) groups is 1. The Morgan fingerprint density at radius 1 is 0.971 bits per heavy atom. The molecule has 1 fully saturated rings. The summed E-state index contributed by atoms with van der Waals surface area (Å²) in [6.45, 7) is 0.259. The fraction of sp³-hybridized carbons (Fsp3) is 0.115. The SMILES string of the molecule is COc1ccccc1OCCN1C(=O)S/C(=C\c2ccc(OC(=O)c3ccc(Br)cc3)cc2)C1=O. The number of ether oxygens (including phenoxy) is 3. The topological polar surface area (TPSA) is 82.1 Å². The summed E-state index contributed by atoms with van der Waals surface area (Å²) in [5.74, 6) is 0.638. The second-order valence-electron chi connectivity index (χ2n) is 7.30. The predicted molar refractivity (Wildman–Crippen MR) is 137 cm³/mol. The van der Waals surface area contributed by atoms with Gasteiger partial charge in [-0.2, -0.15) is 0 Å². The van der Waals surface area contributed by atoms with E-state index in [1.807, 2.05) is 12.1 Å². The minimum atomic E-state index is -0.471. The van der Waals surface area contributed by atoms with Crippen molar-refractivity contribution in [2.24, 2.45) is 0 Å². The lowest BCUT2D eigenvalue weighted by Gasteiger charge is -2.14. The number of amides is 2. The van der Waals surface area contributed by atoms with Crippen LogP contribution in [0.25, 0.3) is 6.08 Å². The molecule has 0 atom stereocenters. The van der Waals surface area contributed by atoms with Crippen molar-refractivity contribution < 1.29 is 28.6 Å². The normalized spacial score (nSPS) is 14.3. The van der Waals surface area contributed by atoms with Gasteiger partial charge in [-0.25, -0.2) is 4.79 Å². The third-order valence-electron chi connectivity index (χ3n) is 4.98. The van der Waals surface area contributed by atoms with E-state index in [0.29, 0.717) is 33.3 Å². The van der Waals surface area contributed by atoms with Crippen LogP contribution in [0.2, 0.25) is 0 Å². The third kappa shape index (κ3) is 6.12. The number of esters is 1. The fourth-order valence-corrected chi connectivity index (χ4v) is 4.34. The molecule has 2 amide bonds. The van der Waals surface area contributed by atoms with Crippen molar-refractivity contribution in [3.05, 3.63) is 93.3 Å². The monoisotopic (exact) mass is 553 g/mol. The van der Waals surface area contributed by atoms with Gasteiger partial charge < -0.3 is 14.2 Å². The lowest BCUT2D eigenvalue weighted by Crippen LogP contribution is -2.32. The molecule has 9 heteroatoms. The van der Waals surface area contributed by atoms with Crippen LogP contribution in [-0.2, 0) is 4.79 Å². The number of carbonyl (C=O) groups is 3. The zero-order chi connectivity index (χ0) is 24.8. The largest absolute Gasteiger partial charge is 0.493 e. The highest BCUT2D eigenvalue weighted by Gasteiger charge is 2.34. The molecule has 3 aromatic carbocycles. The van der Waals surface area contributed by atoms with Crippen LogP contribution in [0.15, 0.2) is 82.2 Å². The first kappa shape index (κ1) is 24.6. The molecule has 1 aliphatic rings. The second kappa shape index (κ2) is 11.2. The molecule has 4 rings (SSSR count). The van der Waals surface area contributed by atoms with Crippen molar-refractivity contribution in [1.29, 1.82) is 0 Å². The number of methoxy groups -OCH3 is 1. The molecule has 0 aliphatic carbocycles. The van der Waals surface area contributed by atoms with Gasteiger partial charge in [0.25, 0.3) is 11.1 Å². The summed E-state index contributed by atoms with van der Waals surface area (Å²) in [4.78, 5) is 38.8. The summed E-state index contributed by atoms with van der Waals surface area (Å²) in [5.41, 5.74) is 1.13. The maximum absolute atomic E-state index is 12.7. The Kier molecular flexibility index (Phi) is 7.89. The van der Waals surface area contributed by atoms with Crippen LogP contribution >= 0.6 is 27.7 Å². The molecule has 178 valence electrons. The van der Waals surface area contributed by atoms with Gasteiger partial charge >= 0.3 is 5.97 Å². The molecule has 7 nitrogen and oxygen atoms in total. The highest BCUT2D eigenvalue weighted by atomic mass is 79.9. The Morgan fingerprint density at radius 3 is 2.34 bits per heavy atom. The Bertz CT molecular complexity index is 1270. The number of imide groups is 1. The Morgan fingerprint density at radius 2 is 1.66 bits per heavy atom. The molecule has 1 saturated heterocycles. The van der Waals surface area contributed by atoms with Gasteiger partial charge in [-0.05, 0) is 71.9 Å². The van der Waals surface area contributed by atoms with E-state index >= 15 is 0 Å². The third-order valence-corrected chi connectivity index (χ3v) is 6.42. The highest BCUT2D eigenvalue weighted by Crippen LogP contribution is 2.33. The number of carbonyl (C=O) groups excluding carboxylic acids is 3. The van der Waals surface area contributed by atoms with Gasteiger partial charge in [0.05, 0.1) is 24.1 Å². The molecule has 0 radical (unpaired) electrons. The molecule has 1 aliphatic heterocycles. The van der Waals surface area contributed by atoms with E-state index in [4.69, 9.17) is 14.2 Å². The van der Waals surface area contributed by atoms with Crippen LogP contribution < -0.4 is 14.2 Å². The Hall–Kier alpha value is -3.56. The lowest BCUT2D eigenvalue weighted by molar-refractivity contribution is -0.123. The Balaban J connectivity index is 1.35. The standard InChI is InChI=1S/C26H20BrNO6S/c1-32-21-4-2-3-5-22(21)33-15-14-28-24(29)23(35-26(28)31)16-17-6-12-20(13-7-17)34-25(30)18-8-10-19(27)11-9-18/h2-13,16H,14-15H2,1H3/b23-16-. The van der Waals surface area contributed by atoms with E-state index in [9.17, 15) is 14.4 Å². The Labute approximate surface area is 214 Å². The van der Waals surface area contributed by atoms with E-state index in [1.165, 1.54) is 0 Å². The van der Waals surface area contributed by atoms with E-state index in [-0.39, 0.29) is 24.3 Å². The van der Waals surface area contributed by atoms with E-state index < -0.39 is 5.97 Å². The summed E-state index contributed by atoms with van der Waals surface area (Å²) in [6.07, 6.45) is 1.63. The van der Waals surface area contributed by atoms with Gasteiger partial charge in [0.2, 0.25) is 0 Å². The van der Waals surface area contributed by atoms with Gasteiger partial charge in [0.1, 0.15) is 12.4 Å². The van der Waals surface area contributed by atoms with Crippen molar-refractivity contribution in [3.63, 3.8) is 0 Å². The van der Waals surface area contributed by atoms with Crippen molar-refractivity contribution in [2.75, 3.05) is 20.3 Å². The van der Waals surface area contributed by atoms with Gasteiger partial charge in [0, 0.05) is 4.47 Å². The maximum Gasteiger partial charge on any atom is 0.343 e. The molecular formula is C26H20BrNO6S. The first-order valence-electron chi connectivity index (χ1n) is 10.5. The molecule has 1 heterocycles. The highest BCUT2D eigenvalue weighted by molar-refractivity contribution is 9.10. The van der Waals surface area contributed by atoms with E-state index in [1.54, 1.807) is 73.8 Å². The van der Waals surface area contributed by atoms with Crippen molar-refractivity contribution >= 4 is 50.9 Å². The summed E-state index contributed by atoms with van der Waals surface area (Å²) in [5, 5.41) is -0.357. The second-order valence-corrected chi connectivity index (χ2v) is 9.21. The van der Waals surface area contributed by atoms with Crippen molar-refractivity contribution in [3.8, 4) is 17.2 Å². The van der Waals surface area contributed by atoms with Gasteiger partial charge in [-0.1, -0.05) is 40.2 Å². The van der Waals surface area contributed by atoms with Gasteiger partial charge in [-0.3, -0.25) is 14.5 Å². The molecule has 0 spiro atoms. The average Bonchev–Trinajstić information content (AvgIpc) is 3.13. The number of para-hydroxylation sites is 2. The van der Waals surface area contributed by atoms with Gasteiger partial charge in [-0.15, -0.1) is 0 Å². The molecular weight excluding hydrogens is 534 g/mol. The summed E-state index contributed by atoms with van der Waals surface area (Å²) in [7, 11) is 1.54. The predicted octanol–water partition coefficient (Wildman–Crippen LogP) is 5.79. The van der Waals surface area contributed by atoms with E-state index in [2.05, 4.69) is 15.9 Å². The minimum absolute atomic E-state index is 0.116. The zero-order valence-corrected chi connectivity index (χ0v) is 21.0. The van der Waals surface area contributed by atoms with Crippen molar-refractivity contribution in [2.45, 2.75) is 0 Å². The molecule has 3 aromatic rings. The maximum atomic E-state index is 12.7. The van der Waals surface area contributed by atoms with Crippen LogP contribution in [0.4, 0.5) is 4.79 Å². The quantitative estimate of drug-likeness (QED) is 0.198.